The highest BCUT2D eigenvalue weighted by Gasteiger charge is 2.15. The molecule has 0 bridgehead atoms. The Labute approximate surface area is 120 Å². The van der Waals surface area contributed by atoms with Gasteiger partial charge in [-0.1, -0.05) is 24.3 Å². The number of aliphatic hydroxyl groups excluding tert-OH is 1. The van der Waals surface area contributed by atoms with Crippen LogP contribution in [0.2, 0.25) is 0 Å². The zero-order valence-corrected chi connectivity index (χ0v) is 12.4. The van der Waals surface area contributed by atoms with E-state index in [9.17, 15) is 13.5 Å². The molecule has 0 aliphatic heterocycles. The Kier molecular flexibility index (Phi) is 6.65. The van der Waals surface area contributed by atoms with Crippen molar-refractivity contribution in [2.45, 2.75) is 32.3 Å². The summed E-state index contributed by atoms with van der Waals surface area (Å²) in [4.78, 5) is 0. The van der Waals surface area contributed by atoms with Crippen LogP contribution in [-0.2, 0) is 10.0 Å². The molecule has 0 spiro atoms. The van der Waals surface area contributed by atoms with Crippen LogP contribution in [0.3, 0.4) is 0 Å². The summed E-state index contributed by atoms with van der Waals surface area (Å²) in [5.41, 5.74) is 1.65. The number of hydrogen-bond acceptors (Lipinski definition) is 4. The number of rotatable bonds is 8. The predicted molar refractivity (Wildman–Crippen MR) is 77.4 cm³/mol. The summed E-state index contributed by atoms with van der Waals surface area (Å²) in [5.74, 6) is -0.0187. The Morgan fingerprint density at radius 2 is 2.05 bits per heavy atom. The quantitative estimate of drug-likeness (QED) is 0.714. The van der Waals surface area contributed by atoms with Crippen molar-refractivity contribution in [1.29, 1.82) is 5.26 Å². The van der Waals surface area contributed by atoms with E-state index in [2.05, 4.69) is 4.72 Å². The SMILES string of the molecule is Cc1ccccc1C(O)CNS(=O)(=O)CCCCC#N. The highest BCUT2D eigenvalue weighted by atomic mass is 32.2. The average molecular weight is 296 g/mol. The van der Waals surface area contributed by atoms with E-state index in [0.717, 1.165) is 11.1 Å². The van der Waals surface area contributed by atoms with Crippen LogP contribution in [0.15, 0.2) is 24.3 Å². The summed E-state index contributed by atoms with van der Waals surface area (Å²) < 4.78 is 25.8. The van der Waals surface area contributed by atoms with E-state index < -0.39 is 16.1 Å². The van der Waals surface area contributed by atoms with E-state index in [-0.39, 0.29) is 12.3 Å². The van der Waals surface area contributed by atoms with Gasteiger partial charge in [0.15, 0.2) is 0 Å². The molecule has 0 fully saturated rings. The van der Waals surface area contributed by atoms with Gasteiger partial charge in [0.25, 0.3) is 0 Å². The van der Waals surface area contributed by atoms with Crippen LogP contribution in [0.1, 0.15) is 36.5 Å². The first-order valence-corrected chi connectivity index (χ1v) is 8.19. The highest BCUT2D eigenvalue weighted by Crippen LogP contribution is 2.16. The van der Waals surface area contributed by atoms with E-state index in [4.69, 9.17) is 5.26 Å². The van der Waals surface area contributed by atoms with Crippen LogP contribution in [0.4, 0.5) is 0 Å². The highest BCUT2D eigenvalue weighted by molar-refractivity contribution is 7.89. The van der Waals surface area contributed by atoms with Crippen LogP contribution >= 0.6 is 0 Å². The second-order valence-corrected chi connectivity index (χ2v) is 6.58. The molecule has 1 unspecified atom stereocenters. The van der Waals surface area contributed by atoms with Gasteiger partial charge < -0.3 is 5.11 Å². The topological polar surface area (TPSA) is 90.2 Å². The van der Waals surface area contributed by atoms with E-state index in [1.54, 1.807) is 6.07 Å². The van der Waals surface area contributed by atoms with Gasteiger partial charge in [-0.2, -0.15) is 5.26 Å². The molecule has 5 nitrogen and oxygen atoms in total. The molecule has 0 amide bonds. The van der Waals surface area contributed by atoms with Crippen molar-refractivity contribution in [3.63, 3.8) is 0 Å². The van der Waals surface area contributed by atoms with E-state index in [1.807, 2.05) is 31.2 Å². The van der Waals surface area contributed by atoms with Crippen molar-refractivity contribution in [1.82, 2.24) is 4.72 Å². The van der Waals surface area contributed by atoms with E-state index in [0.29, 0.717) is 19.3 Å². The first-order valence-electron chi connectivity index (χ1n) is 6.54. The number of nitriles is 1. The molecule has 1 aromatic rings. The van der Waals surface area contributed by atoms with Crippen molar-refractivity contribution in [2.75, 3.05) is 12.3 Å². The van der Waals surface area contributed by atoms with Crippen LogP contribution in [0, 0.1) is 18.3 Å². The maximum Gasteiger partial charge on any atom is 0.211 e. The first kappa shape index (κ1) is 16.6. The molecule has 0 radical (unpaired) electrons. The van der Waals surface area contributed by atoms with Gasteiger partial charge in [-0.15, -0.1) is 0 Å². The summed E-state index contributed by atoms with van der Waals surface area (Å²) >= 11 is 0. The molecule has 1 aromatic carbocycles. The molecule has 20 heavy (non-hydrogen) atoms. The Hall–Kier alpha value is -1.42. The average Bonchev–Trinajstić information content (AvgIpc) is 2.42. The maximum atomic E-state index is 11.7. The number of aryl methyl sites for hydroxylation is 1. The smallest absolute Gasteiger partial charge is 0.211 e. The Bertz CT molecular complexity index is 564. The summed E-state index contributed by atoms with van der Waals surface area (Å²) in [7, 11) is -3.40. The van der Waals surface area contributed by atoms with Crippen LogP contribution in [0.25, 0.3) is 0 Å². The van der Waals surface area contributed by atoms with Crippen LogP contribution in [0.5, 0.6) is 0 Å². The van der Waals surface area contributed by atoms with Gasteiger partial charge in [0.2, 0.25) is 10.0 Å². The molecular formula is C14H20N2O3S. The molecular weight excluding hydrogens is 276 g/mol. The Morgan fingerprint density at radius 1 is 1.35 bits per heavy atom. The Morgan fingerprint density at radius 3 is 2.70 bits per heavy atom. The van der Waals surface area contributed by atoms with Crippen molar-refractivity contribution in [3.05, 3.63) is 35.4 Å². The van der Waals surface area contributed by atoms with Crippen molar-refractivity contribution in [3.8, 4) is 6.07 Å². The normalized spacial score (nSPS) is 12.8. The maximum absolute atomic E-state index is 11.7. The molecule has 2 N–H and O–H groups in total. The molecule has 0 aromatic heterocycles. The molecule has 0 aliphatic carbocycles. The monoisotopic (exact) mass is 296 g/mol. The molecule has 110 valence electrons. The fourth-order valence-electron chi connectivity index (χ4n) is 1.84. The number of nitrogens with one attached hydrogen (secondary N) is 1. The largest absolute Gasteiger partial charge is 0.387 e. The number of aliphatic hydroxyl groups is 1. The molecule has 0 heterocycles. The summed E-state index contributed by atoms with van der Waals surface area (Å²) in [6.45, 7) is 1.83. The minimum absolute atomic E-state index is 0.0187. The van der Waals surface area contributed by atoms with Gasteiger partial charge in [0.05, 0.1) is 17.9 Å². The predicted octanol–water partition coefficient (Wildman–Crippen LogP) is 1.64. The van der Waals surface area contributed by atoms with Gasteiger partial charge in [-0.3, -0.25) is 0 Å². The van der Waals surface area contributed by atoms with Crippen molar-refractivity contribution in [2.24, 2.45) is 0 Å². The second kappa shape index (κ2) is 8.00. The fraction of sp³-hybridized carbons (Fsp3) is 0.500. The molecule has 6 heteroatoms. The summed E-state index contributed by atoms with van der Waals surface area (Å²) in [6, 6.07) is 9.30. The van der Waals surface area contributed by atoms with Crippen LogP contribution < -0.4 is 4.72 Å². The summed E-state index contributed by atoms with van der Waals surface area (Å²) in [6.07, 6.45) is 0.521. The molecule has 0 saturated heterocycles. The minimum atomic E-state index is -3.40. The number of benzene rings is 1. The standard InChI is InChI=1S/C14H20N2O3S/c1-12-7-3-4-8-13(12)14(17)11-16-20(18,19)10-6-2-5-9-15/h3-4,7-8,14,16-17H,2,5-6,10-11H2,1H3. The third-order valence-corrected chi connectivity index (χ3v) is 4.43. The molecule has 0 aliphatic rings. The number of unbranched alkanes of at least 4 members (excludes halogenated alkanes) is 2. The van der Waals surface area contributed by atoms with Gasteiger partial charge in [-0.05, 0) is 30.9 Å². The molecule has 1 rings (SSSR count). The third kappa shape index (κ3) is 5.70. The fourth-order valence-corrected chi connectivity index (χ4v) is 2.99. The van der Waals surface area contributed by atoms with E-state index >= 15 is 0 Å². The number of nitrogens with zero attached hydrogens (tertiary/aromatic N) is 1. The zero-order chi connectivity index (χ0) is 15.0. The molecule has 1 atom stereocenters. The first-order chi connectivity index (χ1) is 9.46. The van der Waals surface area contributed by atoms with Gasteiger partial charge in [0.1, 0.15) is 0 Å². The second-order valence-electron chi connectivity index (χ2n) is 4.65. The zero-order valence-electron chi connectivity index (χ0n) is 11.5. The lowest BCUT2D eigenvalue weighted by Gasteiger charge is -2.14. The van der Waals surface area contributed by atoms with Crippen molar-refractivity contribution >= 4 is 10.0 Å². The lowest BCUT2D eigenvalue weighted by atomic mass is 10.0. The van der Waals surface area contributed by atoms with Crippen molar-refractivity contribution < 1.29 is 13.5 Å². The van der Waals surface area contributed by atoms with Gasteiger partial charge in [0, 0.05) is 13.0 Å². The van der Waals surface area contributed by atoms with E-state index in [1.165, 1.54) is 0 Å². The van der Waals surface area contributed by atoms with Gasteiger partial charge in [-0.25, -0.2) is 13.1 Å². The lowest BCUT2D eigenvalue weighted by molar-refractivity contribution is 0.181. The minimum Gasteiger partial charge on any atom is -0.387 e. The third-order valence-electron chi connectivity index (χ3n) is 3.00. The van der Waals surface area contributed by atoms with Gasteiger partial charge >= 0.3 is 0 Å². The Balaban J connectivity index is 2.46. The number of sulfonamides is 1. The lowest BCUT2D eigenvalue weighted by Crippen LogP contribution is -2.30. The van der Waals surface area contributed by atoms with Crippen LogP contribution in [-0.4, -0.2) is 25.8 Å². The summed E-state index contributed by atoms with van der Waals surface area (Å²) in [5, 5.41) is 18.4. The number of hydrogen-bond donors (Lipinski definition) is 2. The molecule has 0 saturated carbocycles.